The van der Waals surface area contributed by atoms with Crippen molar-refractivity contribution in [2.24, 2.45) is 5.92 Å². The van der Waals surface area contributed by atoms with Gasteiger partial charge in [-0.3, -0.25) is 4.79 Å². The van der Waals surface area contributed by atoms with Gasteiger partial charge >= 0.3 is 0 Å². The van der Waals surface area contributed by atoms with E-state index >= 15 is 0 Å². The fraction of sp³-hybridized carbons (Fsp3) is 0.391. The Morgan fingerprint density at radius 2 is 1.73 bits per heavy atom. The Balaban J connectivity index is 1.18. The van der Waals surface area contributed by atoms with Gasteiger partial charge in [-0.1, -0.05) is 43.2 Å². The number of nitrogens with one attached hydrogen (secondary N) is 2. The lowest BCUT2D eigenvalue weighted by Gasteiger charge is -2.12. The average molecular weight is 405 g/mol. The lowest BCUT2D eigenvalue weighted by Crippen LogP contribution is -2.13. The third-order valence-electron chi connectivity index (χ3n) is 5.49. The highest BCUT2D eigenvalue weighted by atomic mass is 16.1. The van der Waals surface area contributed by atoms with Crippen molar-refractivity contribution in [3.05, 3.63) is 54.6 Å². The first kappa shape index (κ1) is 20.1. The minimum atomic E-state index is -0.00920. The van der Waals surface area contributed by atoms with Crippen LogP contribution in [0.15, 0.2) is 54.6 Å². The van der Waals surface area contributed by atoms with Crippen molar-refractivity contribution in [1.82, 2.24) is 20.2 Å². The lowest BCUT2D eigenvalue weighted by atomic mass is 10.1. The van der Waals surface area contributed by atoms with Gasteiger partial charge < -0.3 is 10.6 Å². The van der Waals surface area contributed by atoms with Crippen LogP contribution in [0.2, 0.25) is 0 Å². The summed E-state index contributed by atoms with van der Waals surface area (Å²) in [6.45, 7) is 1.59. The van der Waals surface area contributed by atoms with Gasteiger partial charge in [0.2, 0.25) is 11.7 Å². The van der Waals surface area contributed by atoms with Gasteiger partial charge in [0.1, 0.15) is 0 Å². The summed E-state index contributed by atoms with van der Waals surface area (Å²) in [5.41, 5.74) is 2.85. The Labute approximate surface area is 176 Å². The summed E-state index contributed by atoms with van der Waals surface area (Å²) in [6.07, 6.45) is 6.44. The second-order valence-electron chi connectivity index (χ2n) is 7.84. The van der Waals surface area contributed by atoms with Gasteiger partial charge in [0.05, 0.1) is 6.54 Å². The van der Waals surface area contributed by atoms with Crippen molar-refractivity contribution in [2.75, 3.05) is 17.2 Å². The van der Waals surface area contributed by atoms with Crippen LogP contribution in [0.25, 0.3) is 11.4 Å². The number of carbonyl (C=O) groups is 1. The maximum Gasteiger partial charge on any atom is 0.224 e. The van der Waals surface area contributed by atoms with Gasteiger partial charge in [0.25, 0.3) is 0 Å². The molecular formula is C23H28N6O. The number of hydrogen-bond acceptors (Lipinski definition) is 5. The van der Waals surface area contributed by atoms with Crippen LogP contribution in [0.4, 0.5) is 11.4 Å². The van der Waals surface area contributed by atoms with E-state index in [1.165, 1.54) is 25.7 Å². The summed E-state index contributed by atoms with van der Waals surface area (Å²) in [5, 5.41) is 19.0. The van der Waals surface area contributed by atoms with Crippen LogP contribution in [-0.4, -0.2) is 32.7 Å². The second kappa shape index (κ2) is 10.0. The number of aromatic nitrogens is 4. The van der Waals surface area contributed by atoms with E-state index in [0.29, 0.717) is 25.2 Å². The predicted molar refractivity (Wildman–Crippen MR) is 118 cm³/mol. The molecule has 7 heteroatoms. The Bertz CT molecular complexity index is 932. The van der Waals surface area contributed by atoms with Crippen molar-refractivity contribution in [3.8, 4) is 11.4 Å². The van der Waals surface area contributed by atoms with Gasteiger partial charge in [-0.05, 0) is 54.7 Å². The first-order valence-electron chi connectivity index (χ1n) is 10.7. The van der Waals surface area contributed by atoms with Gasteiger partial charge in [-0.15, -0.1) is 10.2 Å². The molecule has 156 valence electrons. The van der Waals surface area contributed by atoms with Crippen LogP contribution in [0, 0.1) is 5.92 Å². The average Bonchev–Trinajstić information content (AvgIpc) is 3.46. The maximum absolute atomic E-state index is 12.2. The Morgan fingerprint density at radius 3 is 2.50 bits per heavy atom. The van der Waals surface area contributed by atoms with Crippen LogP contribution in [-0.2, 0) is 11.3 Å². The number of anilines is 2. The summed E-state index contributed by atoms with van der Waals surface area (Å²) in [4.78, 5) is 13.8. The molecule has 0 bridgehead atoms. The highest BCUT2D eigenvalue weighted by Crippen LogP contribution is 2.25. The predicted octanol–water partition coefficient (Wildman–Crippen LogP) is 4.36. The van der Waals surface area contributed by atoms with E-state index in [1.807, 2.05) is 54.6 Å². The number of hydrogen-bond donors (Lipinski definition) is 2. The first-order chi connectivity index (χ1) is 14.8. The quantitative estimate of drug-likeness (QED) is 0.553. The zero-order valence-electron chi connectivity index (χ0n) is 17.1. The molecule has 1 aliphatic carbocycles. The molecule has 0 spiro atoms. The molecule has 1 aromatic heterocycles. The summed E-state index contributed by atoms with van der Waals surface area (Å²) < 4.78 is 0. The van der Waals surface area contributed by atoms with Crippen LogP contribution in [0.3, 0.4) is 0 Å². The molecule has 1 aliphatic rings. The molecule has 0 atom stereocenters. The number of benzene rings is 2. The molecule has 4 rings (SSSR count). The van der Waals surface area contributed by atoms with Gasteiger partial charge in [0.15, 0.2) is 0 Å². The molecule has 1 saturated carbocycles. The van der Waals surface area contributed by atoms with E-state index in [1.54, 1.807) is 4.80 Å². The molecular weight excluding hydrogens is 376 g/mol. The van der Waals surface area contributed by atoms with Crippen LogP contribution in [0.1, 0.15) is 38.5 Å². The van der Waals surface area contributed by atoms with Crippen molar-refractivity contribution in [2.45, 2.75) is 45.1 Å². The molecule has 1 heterocycles. The minimum Gasteiger partial charge on any atom is -0.385 e. The summed E-state index contributed by atoms with van der Waals surface area (Å²) >= 11 is 0. The molecule has 1 amide bonds. The number of carbonyl (C=O) groups excluding carboxylic acids is 1. The molecule has 0 unspecified atom stereocenters. The number of tetrazole rings is 1. The number of rotatable bonds is 9. The Morgan fingerprint density at radius 1 is 1.00 bits per heavy atom. The zero-order chi connectivity index (χ0) is 20.6. The van der Waals surface area contributed by atoms with E-state index in [2.05, 4.69) is 26.0 Å². The fourth-order valence-electron chi connectivity index (χ4n) is 3.79. The molecule has 30 heavy (non-hydrogen) atoms. The van der Waals surface area contributed by atoms with Crippen molar-refractivity contribution in [3.63, 3.8) is 0 Å². The normalized spacial score (nSPS) is 14.0. The second-order valence-corrected chi connectivity index (χ2v) is 7.84. The summed E-state index contributed by atoms with van der Waals surface area (Å²) in [5.74, 6) is 1.39. The van der Waals surface area contributed by atoms with E-state index in [-0.39, 0.29) is 5.91 Å². The SMILES string of the molecule is O=C(CCCn1nnc(-c2ccccc2)n1)Nc1ccc(NCC2CCCC2)cc1. The van der Waals surface area contributed by atoms with Crippen LogP contribution in [0.5, 0.6) is 0 Å². The highest BCUT2D eigenvalue weighted by molar-refractivity contribution is 5.90. The van der Waals surface area contributed by atoms with Gasteiger partial charge in [0, 0.05) is 29.9 Å². The standard InChI is InChI=1S/C23H28N6O/c30-22(11-6-16-29-27-23(26-28-29)19-9-2-1-3-10-19)25-21-14-12-20(13-15-21)24-17-18-7-4-5-8-18/h1-3,9-10,12-15,18,24H,4-8,11,16-17H2,(H,25,30). The maximum atomic E-state index is 12.2. The first-order valence-corrected chi connectivity index (χ1v) is 10.7. The third-order valence-corrected chi connectivity index (χ3v) is 5.49. The van der Waals surface area contributed by atoms with E-state index < -0.39 is 0 Å². The Kier molecular flexibility index (Phi) is 6.69. The van der Waals surface area contributed by atoms with Crippen LogP contribution < -0.4 is 10.6 Å². The lowest BCUT2D eigenvalue weighted by molar-refractivity contribution is -0.116. The largest absolute Gasteiger partial charge is 0.385 e. The van der Waals surface area contributed by atoms with E-state index in [4.69, 9.17) is 0 Å². The fourth-order valence-corrected chi connectivity index (χ4v) is 3.79. The van der Waals surface area contributed by atoms with E-state index in [9.17, 15) is 4.79 Å². The Hall–Kier alpha value is -3.22. The van der Waals surface area contributed by atoms with Crippen LogP contribution >= 0.6 is 0 Å². The molecule has 2 N–H and O–H groups in total. The number of aryl methyl sites for hydroxylation is 1. The van der Waals surface area contributed by atoms with Crippen molar-refractivity contribution >= 4 is 17.3 Å². The summed E-state index contributed by atoms with van der Waals surface area (Å²) in [7, 11) is 0. The van der Waals surface area contributed by atoms with Gasteiger partial charge in [-0.25, -0.2) is 0 Å². The topological polar surface area (TPSA) is 84.7 Å². The van der Waals surface area contributed by atoms with E-state index in [0.717, 1.165) is 29.4 Å². The molecule has 3 aromatic rings. The zero-order valence-corrected chi connectivity index (χ0v) is 17.1. The number of nitrogens with zero attached hydrogens (tertiary/aromatic N) is 4. The van der Waals surface area contributed by atoms with Crippen molar-refractivity contribution in [1.29, 1.82) is 0 Å². The third kappa shape index (κ3) is 5.65. The molecule has 7 nitrogen and oxygen atoms in total. The van der Waals surface area contributed by atoms with Crippen molar-refractivity contribution < 1.29 is 4.79 Å². The smallest absolute Gasteiger partial charge is 0.224 e. The summed E-state index contributed by atoms with van der Waals surface area (Å²) in [6, 6.07) is 17.7. The minimum absolute atomic E-state index is 0.00920. The highest BCUT2D eigenvalue weighted by Gasteiger charge is 2.14. The number of amides is 1. The molecule has 2 aromatic carbocycles. The molecule has 0 saturated heterocycles. The molecule has 0 aliphatic heterocycles. The monoisotopic (exact) mass is 404 g/mol. The van der Waals surface area contributed by atoms with Gasteiger partial charge in [-0.2, -0.15) is 4.80 Å². The molecule has 0 radical (unpaired) electrons. The molecule has 1 fully saturated rings.